The number of tetrazole rings is 1. The third-order valence-electron chi connectivity index (χ3n) is 6.08. The van der Waals surface area contributed by atoms with Crippen molar-refractivity contribution in [3.8, 4) is 5.69 Å². The van der Waals surface area contributed by atoms with E-state index >= 15 is 0 Å². The van der Waals surface area contributed by atoms with Gasteiger partial charge >= 0.3 is 0 Å². The molecule has 32 heavy (non-hydrogen) atoms. The van der Waals surface area contributed by atoms with E-state index in [1.54, 1.807) is 18.2 Å². The molecular formula is C20H24ClF2N7O2. The van der Waals surface area contributed by atoms with Gasteiger partial charge in [-0.15, -0.1) is 5.10 Å². The van der Waals surface area contributed by atoms with Crippen LogP contribution >= 0.6 is 11.6 Å². The maximum atomic E-state index is 14.3. The molecule has 1 aliphatic carbocycles. The van der Waals surface area contributed by atoms with Crippen LogP contribution in [-0.2, 0) is 16.1 Å². The van der Waals surface area contributed by atoms with Gasteiger partial charge in [-0.25, -0.2) is 13.5 Å². The molecule has 1 saturated heterocycles. The van der Waals surface area contributed by atoms with Crippen LogP contribution in [0.3, 0.4) is 0 Å². The second-order valence-electron chi connectivity index (χ2n) is 8.98. The molecule has 3 N–H and O–H groups in total. The van der Waals surface area contributed by atoms with Crippen molar-refractivity contribution in [2.45, 2.75) is 57.2 Å². The van der Waals surface area contributed by atoms with Crippen molar-refractivity contribution >= 4 is 23.4 Å². The van der Waals surface area contributed by atoms with Crippen LogP contribution < -0.4 is 11.1 Å². The summed E-state index contributed by atoms with van der Waals surface area (Å²) in [5, 5.41) is 13.7. The fourth-order valence-corrected chi connectivity index (χ4v) is 4.24. The highest BCUT2D eigenvalue weighted by Crippen LogP contribution is 2.48. The van der Waals surface area contributed by atoms with E-state index in [9.17, 15) is 18.4 Å². The van der Waals surface area contributed by atoms with Crippen LogP contribution in [0.2, 0.25) is 5.02 Å². The predicted octanol–water partition coefficient (Wildman–Crippen LogP) is 1.69. The summed E-state index contributed by atoms with van der Waals surface area (Å²) >= 11 is 6.11. The van der Waals surface area contributed by atoms with E-state index in [4.69, 9.17) is 17.3 Å². The number of amides is 2. The van der Waals surface area contributed by atoms with E-state index in [-0.39, 0.29) is 12.0 Å². The van der Waals surface area contributed by atoms with Crippen LogP contribution in [-0.4, -0.2) is 61.5 Å². The van der Waals surface area contributed by atoms with Crippen LogP contribution in [0.1, 0.15) is 38.2 Å². The molecule has 0 unspecified atom stereocenters. The number of aromatic nitrogens is 4. The van der Waals surface area contributed by atoms with Crippen molar-refractivity contribution in [2.24, 2.45) is 11.1 Å². The Bertz CT molecular complexity index is 1010. The number of hydrogen-bond acceptors (Lipinski definition) is 7. The average molecular weight is 468 g/mol. The maximum Gasteiger partial charge on any atom is 0.262 e. The van der Waals surface area contributed by atoms with Crippen molar-refractivity contribution in [3.63, 3.8) is 0 Å². The molecule has 1 saturated carbocycles. The molecule has 2 heterocycles. The average Bonchev–Trinajstić information content (AvgIpc) is 3.10. The summed E-state index contributed by atoms with van der Waals surface area (Å²) in [4.78, 5) is 26.5. The zero-order valence-corrected chi connectivity index (χ0v) is 18.2. The van der Waals surface area contributed by atoms with Gasteiger partial charge in [-0.3, -0.25) is 19.8 Å². The number of rotatable bonds is 7. The number of nitrogens with zero attached hydrogens (tertiary/aromatic N) is 5. The lowest BCUT2D eigenvalue weighted by molar-refractivity contribution is -0.134. The molecule has 2 atom stereocenters. The van der Waals surface area contributed by atoms with E-state index in [1.807, 2.05) is 6.92 Å². The Kier molecular flexibility index (Phi) is 5.99. The zero-order chi connectivity index (χ0) is 23.1. The molecule has 1 aromatic carbocycles. The fraction of sp³-hybridized carbons (Fsp3) is 0.550. The SMILES string of the molecule is CC1(C[C@@H](N)C(=O)NC(=O)[C@@H]2CC(F)(F)CN2Cc2cc(Cl)ccc2-n2cnnn2)CC1. The van der Waals surface area contributed by atoms with Gasteiger partial charge in [0.1, 0.15) is 6.33 Å². The van der Waals surface area contributed by atoms with Crippen LogP contribution in [0.25, 0.3) is 5.69 Å². The van der Waals surface area contributed by atoms with E-state index in [1.165, 1.54) is 15.9 Å². The molecule has 1 aliphatic heterocycles. The van der Waals surface area contributed by atoms with Crippen molar-refractivity contribution in [1.29, 1.82) is 0 Å². The molecule has 2 amide bonds. The number of alkyl halides is 2. The number of nitrogens with two attached hydrogens (primary N) is 1. The zero-order valence-electron chi connectivity index (χ0n) is 17.5. The molecule has 2 fully saturated rings. The smallest absolute Gasteiger partial charge is 0.262 e. The van der Waals surface area contributed by atoms with Gasteiger partial charge in [0.25, 0.3) is 5.92 Å². The molecule has 4 rings (SSSR count). The van der Waals surface area contributed by atoms with Crippen LogP contribution in [0.5, 0.6) is 0 Å². The quantitative estimate of drug-likeness (QED) is 0.635. The first-order valence-electron chi connectivity index (χ1n) is 10.3. The summed E-state index contributed by atoms with van der Waals surface area (Å²) in [6, 6.07) is 2.85. The van der Waals surface area contributed by atoms with Gasteiger partial charge in [-0.2, -0.15) is 0 Å². The standard InChI is InChI=1S/C20H24ClF2N7O2/c1-19(4-5-19)7-14(24)17(31)26-18(32)16-8-20(22,23)10-29(16)9-12-6-13(21)2-3-15(12)30-11-25-27-28-30/h2-3,6,11,14,16H,4-5,7-10,24H2,1H3,(H,26,31,32)/t14-,16+/m1/s1. The number of carbonyl (C=O) groups is 2. The number of imide groups is 1. The molecule has 172 valence electrons. The molecular weight excluding hydrogens is 444 g/mol. The minimum atomic E-state index is -3.08. The number of likely N-dealkylation sites (tertiary alicyclic amines) is 1. The maximum absolute atomic E-state index is 14.3. The number of carbonyl (C=O) groups excluding carboxylic acids is 2. The number of halogens is 3. The summed E-state index contributed by atoms with van der Waals surface area (Å²) in [6.07, 6.45) is 3.09. The van der Waals surface area contributed by atoms with Gasteiger partial charge in [0, 0.05) is 18.0 Å². The van der Waals surface area contributed by atoms with E-state index in [0.717, 1.165) is 12.8 Å². The molecule has 12 heteroatoms. The third-order valence-corrected chi connectivity index (χ3v) is 6.32. The highest BCUT2D eigenvalue weighted by Gasteiger charge is 2.48. The lowest BCUT2D eigenvalue weighted by Gasteiger charge is -2.24. The lowest BCUT2D eigenvalue weighted by Crippen LogP contribution is -2.50. The Morgan fingerprint density at radius 3 is 2.78 bits per heavy atom. The number of benzene rings is 1. The van der Waals surface area contributed by atoms with Crippen LogP contribution in [0.4, 0.5) is 8.78 Å². The fourth-order valence-electron chi connectivity index (χ4n) is 4.04. The van der Waals surface area contributed by atoms with Gasteiger partial charge in [0.05, 0.1) is 24.3 Å². The van der Waals surface area contributed by atoms with Crippen LogP contribution in [0, 0.1) is 5.41 Å². The summed E-state index contributed by atoms with van der Waals surface area (Å²) in [7, 11) is 0. The second kappa shape index (κ2) is 8.45. The second-order valence-corrected chi connectivity index (χ2v) is 9.42. The predicted molar refractivity (Wildman–Crippen MR) is 111 cm³/mol. The summed E-state index contributed by atoms with van der Waals surface area (Å²) in [5.41, 5.74) is 7.06. The molecule has 0 radical (unpaired) electrons. The molecule has 2 aliphatic rings. The Morgan fingerprint density at radius 2 is 2.12 bits per heavy atom. The Labute approximate surface area is 188 Å². The van der Waals surface area contributed by atoms with Gasteiger partial charge in [0.2, 0.25) is 11.8 Å². The largest absolute Gasteiger partial charge is 0.320 e. The highest BCUT2D eigenvalue weighted by molar-refractivity contribution is 6.30. The monoisotopic (exact) mass is 467 g/mol. The third kappa shape index (κ3) is 5.11. The lowest BCUT2D eigenvalue weighted by atomic mass is 9.99. The molecule has 0 spiro atoms. The van der Waals surface area contributed by atoms with Gasteiger partial charge < -0.3 is 5.73 Å². The first kappa shape index (κ1) is 22.7. The van der Waals surface area contributed by atoms with Crippen molar-refractivity contribution in [1.82, 2.24) is 30.4 Å². The molecule has 0 bridgehead atoms. The normalized spacial score (nSPS) is 22.5. The Hall–Kier alpha value is -2.50. The Balaban J connectivity index is 1.50. The molecule has 9 nitrogen and oxygen atoms in total. The molecule has 2 aromatic rings. The minimum Gasteiger partial charge on any atom is -0.320 e. The number of nitrogens with one attached hydrogen (secondary N) is 1. The summed E-state index contributed by atoms with van der Waals surface area (Å²) < 4.78 is 30.0. The first-order valence-corrected chi connectivity index (χ1v) is 10.7. The van der Waals surface area contributed by atoms with E-state index in [0.29, 0.717) is 22.7 Å². The first-order chi connectivity index (χ1) is 15.1. The summed E-state index contributed by atoms with van der Waals surface area (Å²) in [6.45, 7) is 1.38. The van der Waals surface area contributed by atoms with Crippen molar-refractivity contribution in [3.05, 3.63) is 35.1 Å². The van der Waals surface area contributed by atoms with Crippen LogP contribution in [0.15, 0.2) is 24.5 Å². The summed E-state index contributed by atoms with van der Waals surface area (Å²) in [5.74, 6) is -4.51. The van der Waals surface area contributed by atoms with E-state index in [2.05, 4.69) is 20.8 Å². The minimum absolute atomic E-state index is 0.0122. The molecule has 1 aromatic heterocycles. The van der Waals surface area contributed by atoms with Gasteiger partial charge in [-0.05, 0) is 58.9 Å². The van der Waals surface area contributed by atoms with Gasteiger partial charge in [0.15, 0.2) is 0 Å². The van der Waals surface area contributed by atoms with Crippen molar-refractivity contribution < 1.29 is 18.4 Å². The topological polar surface area (TPSA) is 119 Å². The number of hydrogen-bond donors (Lipinski definition) is 2. The van der Waals surface area contributed by atoms with E-state index < -0.39 is 42.8 Å². The highest BCUT2D eigenvalue weighted by atomic mass is 35.5. The van der Waals surface area contributed by atoms with Gasteiger partial charge in [-0.1, -0.05) is 18.5 Å². The Morgan fingerprint density at radius 1 is 1.38 bits per heavy atom. The van der Waals surface area contributed by atoms with Crippen molar-refractivity contribution in [2.75, 3.05) is 6.54 Å².